The SMILES string of the molecule is c1ccc(-c2ccccc2Oc2c(-c3ccccc3)cccc2-c2ccccc2-c2ccccc2)cc1. The molecule has 0 bridgehead atoms. The topological polar surface area (TPSA) is 9.23 Å². The van der Waals surface area contributed by atoms with Crippen LogP contribution in [0, 0.1) is 0 Å². The Kier molecular flexibility index (Phi) is 6.34. The average Bonchev–Trinajstić information content (AvgIpc) is 2.99. The lowest BCUT2D eigenvalue weighted by Crippen LogP contribution is -1.95. The average molecular weight is 475 g/mol. The maximum Gasteiger partial charge on any atom is 0.143 e. The van der Waals surface area contributed by atoms with E-state index in [1.807, 2.05) is 18.2 Å². The first-order valence-electron chi connectivity index (χ1n) is 12.5. The molecule has 0 spiro atoms. The van der Waals surface area contributed by atoms with Gasteiger partial charge in [-0.15, -0.1) is 0 Å². The molecular weight excluding hydrogens is 448 g/mol. The van der Waals surface area contributed by atoms with E-state index in [-0.39, 0.29) is 0 Å². The van der Waals surface area contributed by atoms with Gasteiger partial charge >= 0.3 is 0 Å². The molecule has 0 radical (unpaired) electrons. The molecule has 6 aromatic rings. The summed E-state index contributed by atoms with van der Waals surface area (Å²) in [5.74, 6) is 1.68. The highest BCUT2D eigenvalue weighted by atomic mass is 16.5. The minimum absolute atomic E-state index is 0.829. The lowest BCUT2D eigenvalue weighted by atomic mass is 9.91. The van der Waals surface area contributed by atoms with Crippen molar-refractivity contribution in [3.8, 4) is 56.0 Å². The summed E-state index contributed by atoms with van der Waals surface area (Å²) in [5.41, 5.74) is 8.92. The molecule has 0 amide bonds. The number of ether oxygens (including phenoxy) is 1. The molecule has 0 fully saturated rings. The molecule has 0 heterocycles. The summed E-state index contributed by atoms with van der Waals surface area (Å²) in [6, 6.07) is 54.6. The summed E-state index contributed by atoms with van der Waals surface area (Å²) in [5, 5.41) is 0. The molecule has 0 saturated carbocycles. The van der Waals surface area contributed by atoms with Gasteiger partial charge in [0.25, 0.3) is 0 Å². The molecule has 1 heteroatoms. The van der Waals surface area contributed by atoms with Crippen molar-refractivity contribution in [1.29, 1.82) is 0 Å². The number of benzene rings is 6. The van der Waals surface area contributed by atoms with Gasteiger partial charge in [-0.05, 0) is 33.9 Å². The third-order valence-electron chi connectivity index (χ3n) is 6.59. The zero-order valence-corrected chi connectivity index (χ0v) is 20.4. The Labute approximate surface area is 218 Å². The molecule has 6 rings (SSSR count). The van der Waals surface area contributed by atoms with Gasteiger partial charge in [0.05, 0.1) is 0 Å². The van der Waals surface area contributed by atoms with Gasteiger partial charge in [-0.1, -0.05) is 152 Å². The maximum absolute atomic E-state index is 6.93. The quantitative estimate of drug-likeness (QED) is 0.233. The summed E-state index contributed by atoms with van der Waals surface area (Å²) in [6.07, 6.45) is 0. The van der Waals surface area contributed by atoms with Crippen molar-refractivity contribution in [3.05, 3.63) is 158 Å². The zero-order chi connectivity index (χ0) is 24.9. The highest BCUT2D eigenvalue weighted by Gasteiger charge is 2.18. The molecule has 0 saturated heterocycles. The van der Waals surface area contributed by atoms with Crippen molar-refractivity contribution in [2.24, 2.45) is 0 Å². The largest absolute Gasteiger partial charge is 0.455 e. The van der Waals surface area contributed by atoms with E-state index in [1.54, 1.807) is 0 Å². The van der Waals surface area contributed by atoms with Crippen LogP contribution in [0.4, 0.5) is 0 Å². The Hall–Kier alpha value is -4.88. The molecule has 1 nitrogen and oxygen atoms in total. The number of hydrogen-bond acceptors (Lipinski definition) is 1. The van der Waals surface area contributed by atoms with E-state index >= 15 is 0 Å². The Morgan fingerprint density at radius 2 is 0.676 bits per heavy atom. The van der Waals surface area contributed by atoms with Gasteiger partial charge in [-0.25, -0.2) is 0 Å². The Balaban J connectivity index is 1.57. The van der Waals surface area contributed by atoms with Crippen LogP contribution in [0.2, 0.25) is 0 Å². The van der Waals surface area contributed by atoms with Crippen molar-refractivity contribution in [2.45, 2.75) is 0 Å². The van der Waals surface area contributed by atoms with Crippen molar-refractivity contribution in [3.63, 3.8) is 0 Å². The first-order valence-corrected chi connectivity index (χ1v) is 12.5. The smallest absolute Gasteiger partial charge is 0.143 e. The number of rotatable bonds is 6. The highest BCUT2D eigenvalue weighted by Crippen LogP contribution is 2.45. The van der Waals surface area contributed by atoms with Gasteiger partial charge in [0, 0.05) is 16.7 Å². The van der Waals surface area contributed by atoms with E-state index in [4.69, 9.17) is 4.74 Å². The highest BCUT2D eigenvalue weighted by molar-refractivity contribution is 5.90. The number of hydrogen-bond donors (Lipinski definition) is 0. The predicted molar refractivity (Wildman–Crippen MR) is 155 cm³/mol. The third kappa shape index (κ3) is 4.68. The molecule has 0 aliphatic rings. The van der Waals surface area contributed by atoms with Crippen LogP contribution in [0.5, 0.6) is 11.5 Å². The molecule has 0 aromatic heterocycles. The van der Waals surface area contributed by atoms with Crippen LogP contribution < -0.4 is 4.74 Å². The van der Waals surface area contributed by atoms with Crippen LogP contribution >= 0.6 is 0 Å². The molecule has 0 aliphatic carbocycles. The van der Waals surface area contributed by atoms with E-state index in [0.717, 1.165) is 44.9 Å². The van der Waals surface area contributed by atoms with Crippen LogP contribution in [0.25, 0.3) is 44.5 Å². The summed E-state index contributed by atoms with van der Waals surface area (Å²) in [7, 11) is 0. The molecule has 0 N–H and O–H groups in total. The Morgan fingerprint density at radius 1 is 0.270 bits per heavy atom. The van der Waals surface area contributed by atoms with Gasteiger partial charge in [-0.2, -0.15) is 0 Å². The number of para-hydroxylation sites is 2. The predicted octanol–water partition coefficient (Wildman–Crippen LogP) is 10.1. The van der Waals surface area contributed by atoms with E-state index in [9.17, 15) is 0 Å². The van der Waals surface area contributed by atoms with Crippen LogP contribution in [0.3, 0.4) is 0 Å². The molecule has 37 heavy (non-hydrogen) atoms. The fourth-order valence-corrected chi connectivity index (χ4v) is 4.81. The van der Waals surface area contributed by atoms with Crippen LogP contribution in [0.15, 0.2) is 158 Å². The van der Waals surface area contributed by atoms with E-state index in [0.29, 0.717) is 0 Å². The Bertz CT molecular complexity index is 1620. The summed E-state index contributed by atoms with van der Waals surface area (Å²) < 4.78 is 6.93. The lowest BCUT2D eigenvalue weighted by Gasteiger charge is -2.20. The lowest BCUT2D eigenvalue weighted by molar-refractivity contribution is 0.488. The van der Waals surface area contributed by atoms with Crippen molar-refractivity contribution < 1.29 is 4.74 Å². The minimum atomic E-state index is 0.829. The van der Waals surface area contributed by atoms with Gasteiger partial charge in [0.1, 0.15) is 11.5 Å². The zero-order valence-electron chi connectivity index (χ0n) is 20.4. The Morgan fingerprint density at radius 3 is 1.30 bits per heavy atom. The fourth-order valence-electron chi connectivity index (χ4n) is 4.81. The second kappa shape index (κ2) is 10.4. The normalized spacial score (nSPS) is 10.7. The van der Waals surface area contributed by atoms with Crippen LogP contribution in [-0.4, -0.2) is 0 Å². The molecule has 0 unspecified atom stereocenters. The van der Waals surface area contributed by atoms with E-state index in [1.165, 1.54) is 11.1 Å². The molecule has 6 aromatic carbocycles. The summed E-state index contributed by atoms with van der Waals surface area (Å²) in [4.78, 5) is 0. The summed E-state index contributed by atoms with van der Waals surface area (Å²) >= 11 is 0. The van der Waals surface area contributed by atoms with Gasteiger partial charge in [0.2, 0.25) is 0 Å². The van der Waals surface area contributed by atoms with Crippen molar-refractivity contribution in [1.82, 2.24) is 0 Å². The third-order valence-corrected chi connectivity index (χ3v) is 6.59. The van der Waals surface area contributed by atoms with Crippen molar-refractivity contribution in [2.75, 3.05) is 0 Å². The van der Waals surface area contributed by atoms with E-state index in [2.05, 4.69) is 140 Å². The second-order valence-electron chi connectivity index (χ2n) is 8.92. The molecule has 0 aliphatic heterocycles. The standard InChI is InChI=1S/C36H26O/c1-4-15-27(16-5-1)30-21-10-11-23-33(30)34-25-14-24-32(29-19-8-3-9-20-29)36(34)37-35-26-13-12-22-31(35)28-17-6-2-7-18-28/h1-26H. The summed E-state index contributed by atoms with van der Waals surface area (Å²) in [6.45, 7) is 0. The second-order valence-corrected chi connectivity index (χ2v) is 8.92. The first-order chi connectivity index (χ1) is 18.4. The van der Waals surface area contributed by atoms with E-state index < -0.39 is 0 Å². The maximum atomic E-state index is 6.93. The molecule has 176 valence electrons. The fraction of sp³-hybridized carbons (Fsp3) is 0. The van der Waals surface area contributed by atoms with Gasteiger partial charge in [-0.3, -0.25) is 0 Å². The monoisotopic (exact) mass is 474 g/mol. The molecular formula is C36H26O. The van der Waals surface area contributed by atoms with Crippen LogP contribution in [-0.2, 0) is 0 Å². The minimum Gasteiger partial charge on any atom is -0.455 e. The van der Waals surface area contributed by atoms with Gasteiger partial charge in [0.15, 0.2) is 0 Å². The van der Waals surface area contributed by atoms with Gasteiger partial charge < -0.3 is 4.74 Å². The van der Waals surface area contributed by atoms with Crippen LogP contribution in [0.1, 0.15) is 0 Å². The molecule has 0 atom stereocenters. The first kappa shape index (κ1) is 22.6. The van der Waals surface area contributed by atoms with Crippen molar-refractivity contribution >= 4 is 0 Å².